The Kier molecular flexibility index (Phi) is 2030. The Labute approximate surface area is 36.4 Å². The third-order valence-corrected chi connectivity index (χ3v) is 0. The molecule has 1 unspecified atom stereocenters. The van der Waals surface area contributed by atoms with Crippen molar-refractivity contribution in [2.24, 2.45) is 0 Å². The predicted octanol–water partition coefficient (Wildman–Crippen LogP) is -1.61. The average molecular weight is 94.0 g/mol. The van der Waals surface area contributed by atoms with Crippen LogP contribution in [0, 0.1) is 0 Å². The molecule has 0 spiro atoms. The van der Waals surface area contributed by atoms with Crippen molar-refractivity contribution in [2.45, 2.75) is 0 Å². The first-order valence-corrected chi connectivity index (χ1v) is 0. The van der Waals surface area contributed by atoms with Gasteiger partial charge in [0.05, 0.1) is 0 Å². The van der Waals surface area contributed by atoms with Gasteiger partial charge in [-0.1, -0.05) is 0 Å². The van der Waals surface area contributed by atoms with E-state index in [9.17, 15) is 0 Å². The number of hydrogen-bond acceptors (Lipinski definition) is 1. The molecular weight excluding hydrogens is 83.9 g/mol. The van der Waals surface area contributed by atoms with Gasteiger partial charge in [-0.15, -0.1) is 0 Å². The van der Waals surface area contributed by atoms with E-state index in [2.05, 4.69) is 0 Å². The van der Waals surface area contributed by atoms with Crippen LogP contribution in [0.3, 0.4) is 0 Å². The summed E-state index contributed by atoms with van der Waals surface area (Å²) < 4.78 is 0. The van der Waals surface area contributed by atoms with Gasteiger partial charge in [-0.2, -0.15) is 9.90 Å². The lowest BCUT2D eigenvalue weighted by molar-refractivity contribution is 2.13. The van der Waals surface area contributed by atoms with Crippen LogP contribution < -0.4 is 6.15 Å². The van der Waals surface area contributed by atoms with Gasteiger partial charge in [0, 0.05) is 8.41 Å². The van der Waals surface area contributed by atoms with Crippen LogP contribution in [0.4, 0.5) is 0 Å². The fourth-order valence-electron chi connectivity index (χ4n) is 0. The van der Waals surface area contributed by atoms with Gasteiger partial charge in [0.2, 0.25) is 0 Å². The summed E-state index contributed by atoms with van der Waals surface area (Å²) in [6.45, 7) is 0. The molecule has 3 radical (unpaired) electrons. The van der Waals surface area contributed by atoms with E-state index in [1.807, 2.05) is 0 Å². The minimum atomic E-state index is 0. The zero-order chi connectivity index (χ0) is 0. The van der Waals surface area contributed by atoms with E-state index in [4.69, 9.17) is 0 Å². The van der Waals surface area contributed by atoms with Crippen LogP contribution in [0.1, 0.15) is 0 Å². The lowest BCUT2D eigenvalue weighted by Gasteiger charge is -0.344. The molecule has 0 aliphatic heterocycles. The van der Waals surface area contributed by atoms with E-state index in [0.29, 0.717) is 0 Å². The Balaban J connectivity index is 0. The van der Waals surface area contributed by atoms with E-state index in [1.54, 1.807) is 0 Å². The molecule has 0 aromatic carbocycles. The Bertz CT molecular complexity index is 8.00. The third kappa shape index (κ3) is 16.5. The lowest BCUT2D eigenvalue weighted by atomic mass is 10.8. The second kappa shape index (κ2) is 58.1. The standard InChI is InChI=1S/B.H3N.H3P.H4Si/h;2*1H3;1H4. The normalized spacial score (nSPS) is 0. The van der Waals surface area contributed by atoms with Crippen LogP contribution in [0.5, 0.6) is 0 Å². The Morgan fingerprint density at radius 1 is 1.00 bits per heavy atom. The van der Waals surface area contributed by atoms with Crippen LogP contribution in [-0.2, 0) is 0 Å². The number of rotatable bonds is 0. The van der Waals surface area contributed by atoms with Crippen molar-refractivity contribution >= 4 is 29.3 Å². The second-order valence-corrected chi connectivity index (χ2v) is 0. The van der Waals surface area contributed by atoms with E-state index in [-0.39, 0.29) is 35.4 Å². The molecule has 1 atom stereocenters. The maximum absolute atomic E-state index is 0. The Morgan fingerprint density at radius 3 is 1.00 bits per heavy atom. The zero-order valence-corrected chi connectivity index (χ0v) is 3.41. The van der Waals surface area contributed by atoms with Crippen molar-refractivity contribution < 1.29 is 0 Å². The van der Waals surface area contributed by atoms with Gasteiger partial charge in [0.1, 0.15) is 0 Å². The topological polar surface area (TPSA) is 35.0 Å². The maximum atomic E-state index is 0. The summed E-state index contributed by atoms with van der Waals surface area (Å²) >= 11 is 0. The molecule has 0 saturated heterocycles. The van der Waals surface area contributed by atoms with Crippen molar-refractivity contribution in [1.82, 2.24) is 6.15 Å². The molecule has 4 heavy (non-hydrogen) atoms. The van der Waals surface area contributed by atoms with Gasteiger partial charge >= 0.3 is 0 Å². The minimum Gasteiger partial charge on any atom is -0.344 e. The molecule has 0 rings (SSSR count). The first-order valence-electron chi connectivity index (χ1n) is 0. The summed E-state index contributed by atoms with van der Waals surface area (Å²) in [7, 11) is 0. The quantitative estimate of drug-likeness (QED) is 0.284. The van der Waals surface area contributed by atoms with E-state index in [0.717, 1.165) is 0 Å². The second-order valence-electron chi connectivity index (χ2n) is 0. The van der Waals surface area contributed by atoms with Crippen LogP contribution in [0.15, 0.2) is 0 Å². The molecule has 0 fully saturated rings. The van der Waals surface area contributed by atoms with Gasteiger partial charge in [-0.05, 0) is 11.0 Å². The van der Waals surface area contributed by atoms with Crippen molar-refractivity contribution in [3.05, 3.63) is 0 Å². The molecule has 1 nitrogen and oxygen atoms in total. The van der Waals surface area contributed by atoms with Crippen LogP contribution in [0.25, 0.3) is 0 Å². The van der Waals surface area contributed by atoms with Crippen LogP contribution in [0.2, 0.25) is 0 Å². The molecule has 0 amide bonds. The molecule has 0 aromatic heterocycles. The highest BCUT2D eigenvalue weighted by atomic mass is 31.0. The Morgan fingerprint density at radius 2 is 1.00 bits per heavy atom. The van der Waals surface area contributed by atoms with Crippen molar-refractivity contribution in [2.75, 3.05) is 0 Å². The molecule has 27 valence electrons. The first kappa shape index (κ1) is 140. The minimum absolute atomic E-state index is 0. The van der Waals surface area contributed by atoms with Gasteiger partial charge < -0.3 is 6.15 Å². The molecule has 3 N–H and O–H groups in total. The fourth-order valence-corrected chi connectivity index (χ4v) is 0. The fraction of sp³-hybridized carbons (Fsp3) is 0. The third-order valence-electron chi connectivity index (χ3n) is 0. The summed E-state index contributed by atoms with van der Waals surface area (Å²) in [6.07, 6.45) is 0. The predicted molar refractivity (Wildman–Crippen MR) is 33.2 cm³/mol. The largest absolute Gasteiger partial charge is 0.344 e. The summed E-state index contributed by atoms with van der Waals surface area (Å²) in [5.74, 6) is 0. The highest BCUT2D eigenvalue weighted by Gasteiger charge is 0.0000778. The molecule has 0 aliphatic rings. The summed E-state index contributed by atoms with van der Waals surface area (Å²) in [5.41, 5.74) is 0. The zero-order valence-electron chi connectivity index (χ0n) is 1.99. The Hall–Kier alpha value is 0.672. The van der Waals surface area contributed by atoms with E-state index >= 15 is 0 Å². The molecular formula is H10BNPSi. The highest BCUT2D eigenvalue weighted by Crippen LogP contribution is 0.861. The monoisotopic (exact) mass is 94.0 g/mol. The van der Waals surface area contributed by atoms with Gasteiger partial charge in [-0.3, -0.25) is 0 Å². The van der Waals surface area contributed by atoms with Gasteiger partial charge in [-0.25, -0.2) is 0 Å². The summed E-state index contributed by atoms with van der Waals surface area (Å²) in [5, 5.41) is 0. The molecule has 0 saturated carbocycles. The average Bonchev–Trinajstić information content (AvgIpc) is 0. The molecule has 0 heterocycles. The highest BCUT2D eigenvalue weighted by molar-refractivity contribution is 6.92. The number of hydrogen-bond donors (Lipinski definition) is 1. The van der Waals surface area contributed by atoms with Crippen molar-refractivity contribution in [1.29, 1.82) is 0 Å². The van der Waals surface area contributed by atoms with Gasteiger partial charge in [0.15, 0.2) is 0 Å². The van der Waals surface area contributed by atoms with Crippen molar-refractivity contribution in [3.8, 4) is 0 Å². The summed E-state index contributed by atoms with van der Waals surface area (Å²) in [6, 6.07) is 0. The lowest BCUT2D eigenvalue weighted by Crippen LogP contribution is -0.481. The smallest absolute Gasteiger partial charge is 0 e. The molecule has 0 aliphatic carbocycles. The van der Waals surface area contributed by atoms with Crippen LogP contribution >= 0.6 is 9.90 Å². The van der Waals surface area contributed by atoms with Crippen molar-refractivity contribution in [3.63, 3.8) is 0 Å². The molecule has 0 bridgehead atoms. The van der Waals surface area contributed by atoms with Gasteiger partial charge in [0.25, 0.3) is 0 Å². The first-order chi connectivity index (χ1) is 0. The van der Waals surface area contributed by atoms with E-state index < -0.39 is 0 Å². The van der Waals surface area contributed by atoms with E-state index in [1.165, 1.54) is 0 Å². The molecule has 4 heteroatoms. The summed E-state index contributed by atoms with van der Waals surface area (Å²) in [4.78, 5) is 0. The SMILES string of the molecule is N.P.[B].[SiH4]. The molecule has 0 aromatic rings. The van der Waals surface area contributed by atoms with Crippen LogP contribution in [-0.4, -0.2) is 19.4 Å². The maximum Gasteiger partial charge on any atom is 0 e.